The third kappa shape index (κ3) is 10.1. The van der Waals surface area contributed by atoms with Crippen LogP contribution >= 0.6 is 0 Å². The van der Waals surface area contributed by atoms with Gasteiger partial charge in [-0.05, 0) is 0 Å². The summed E-state index contributed by atoms with van der Waals surface area (Å²) in [6, 6.07) is 0. The second-order valence-corrected chi connectivity index (χ2v) is 22.1. The van der Waals surface area contributed by atoms with Crippen molar-refractivity contribution >= 4 is 18.4 Å². The minimum absolute atomic E-state index is 0.834. The number of hydrogen-bond donors (Lipinski definition) is 0. The summed E-state index contributed by atoms with van der Waals surface area (Å²) in [4.78, 5) is 0. The Morgan fingerprint density at radius 3 is 1.78 bits per heavy atom. The summed E-state index contributed by atoms with van der Waals surface area (Å²) < 4.78 is 13.1. The Labute approximate surface area is 176 Å². The van der Waals surface area contributed by atoms with Crippen molar-refractivity contribution < 1.29 is 4.74 Å². The van der Waals surface area contributed by atoms with E-state index in [0.29, 0.717) is 0 Å². The van der Waals surface area contributed by atoms with E-state index in [0.717, 1.165) is 12.5 Å². The summed E-state index contributed by atoms with van der Waals surface area (Å²) in [6.07, 6.45) is 22.0. The molecule has 0 radical (unpaired) electrons. The van der Waals surface area contributed by atoms with Crippen LogP contribution in [0.15, 0.2) is 9.85 Å². The molecular weight excluding hydrogens is 435 g/mol. The normalized spacial score (nSPS) is 16.7. The van der Waals surface area contributed by atoms with Gasteiger partial charge in [0.1, 0.15) is 0 Å². The standard InChI is InChI=1S/C13H23O.3C4H9.Sn/c1-2-3-4-8-11-14-12-13-9-6-5-7-10-13;3*1-3-4-2;/h8,13H,2-7,9-10,12H2,1H3;3*1,3-4H2,2H3;. The zero-order valence-corrected chi connectivity index (χ0v) is 22.1. The summed E-state index contributed by atoms with van der Waals surface area (Å²) >= 11 is -2.40. The van der Waals surface area contributed by atoms with Gasteiger partial charge in [0.2, 0.25) is 0 Å². The third-order valence-electron chi connectivity index (χ3n) is 6.64. The van der Waals surface area contributed by atoms with Crippen molar-refractivity contribution in [2.45, 2.75) is 131 Å². The molecule has 2 heteroatoms. The maximum atomic E-state index is 6.84. The van der Waals surface area contributed by atoms with Crippen LogP contribution in [0.4, 0.5) is 0 Å². The van der Waals surface area contributed by atoms with E-state index >= 15 is 0 Å². The first-order valence-corrected chi connectivity index (χ1v) is 20.0. The van der Waals surface area contributed by atoms with E-state index in [9.17, 15) is 0 Å². The van der Waals surface area contributed by atoms with Crippen molar-refractivity contribution in [3.63, 3.8) is 0 Å². The van der Waals surface area contributed by atoms with Gasteiger partial charge in [0.05, 0.1) is 0 Å². The first kappa shape index (κ1) is 25.4. The SMILES string of the molecule is CCCC/C=[C](\OCC1CCCCC1)[Sn]([CH2]CCC)([CH2]CCC)[CH2]CCC. The number of rotatable bonds is 16. The van der Waals surface area contributed by atoms with Gasteiger partial charge in [-0.2, -0.15) is 0 Å². The number of hydrogen-bond acceptors (Lipinski definition) is 1. The first-order valence-electron chi connectivity index (χ1n) is 12.6. The molecule has 1 rings (SSSR count). The van der Waals surface area contributed by atoms with Crippen LogP contribution in [0.5, 0.6) is 0 Å². The van der Waals surface area contributed by atoms with Gasteiger partial charge in [-0.3, -0.25) is 0 Å². The molecule has 0 aliphatic heterocycles. The molecule has 27 heavy (non-hydrogen) atoms. The predicted octanol–water partition coefficient (Wildman–Crippen LogP) is 9.05. The van der Waals surface area contributed by atoms with Crippen LogP contribution in [-0.4, -0.2) is 25.0 Å². The van der Waals surface area contributed by atoms with Crippen LogP contribution in [0.2, 0.25) is 13.3 Å². The number of unbranched alkanes of at least 4 members (excludes halogenated alkanes) is 5. The molecule has 0 aromatic heterocycles. The van der Waals surface area contributed by atoms with Gasteiger partial charge in [0, 0.05) is 0 Å². The Morgan fingerprint density at radius 2 is 1.30 bits per heavy atom. The van der Waals surface area contributed by atoms with Gasteiger partial charge >= 0.3 is 176 Å². The third-order valence-corrected chi connectivity index (χ3v) is 21.8. The summed E-state index contributed by atoms with van der Waals surface area (Å²) in [6.45, 7) is 10.5. The van der Waals surface area contributed by atoms with E-state index in [1.807, 2.05) is 0 Å². The summed E-state index contributed by atoms with van der Waals surface area (Å²) in [5.41, 5.74) is 0. The van der Waals surface area contributed by atoms with E-state index in [2.05, 4.69) is 33.8 Å². The van der Waals surface area contributed by atoms with E-state index < -0.39 is 18.4 Å². The predicted molar refractivity (Wildman–Crippen MR) is 125 cm³/mol. The summed E-state index contributed by atoms with van der Waals surface area (Å²) in [5, 5.41) is 0. The monoisotopic (exact) mass is 486 g/mol. The average molecular weight is 485 g/mol. The van der Waals surface area contributed by atoms with E-state index in [-0.39, 0.29) is 0 Å². The minimum atomic E-state index is -2.40. The second kappa shape index (κ2) is 16.2. The molecular formula is C25H50OSn. The van der Waals surface area contributed by atoms with Crippen LogP contribution in [0.25, 0.3) is 0 Å². The maximum absolute atomic E-state index is 6.84. The van der Waals surface area contributed by atoms with Crippen LogP contribution in [0.1, 0.15) is 118 Å². The second-order valence-electron chi connectivity index (χ2n) is 9.12. The molecule has 1 saturated carbocycles. The van der Waals surface area contributed by atoms with E-state index in [1.54, 1.807) is 3.78 Å². The van der Waals surface area contributed by atoms with Gasteiger partial charge in [0.15, 0.2) is 0 Å². The molecule has 1 aliphatic carbocycles. The molecule has 0 amide bonds. The van der Waals surface area contributed by atoms with Crippen molar-refractivity contribution in [2.24, 2.45) is 5.92 Å². The van der Waals surface area contributed by atoms with Crippen molar-refractivity contribution in [3.05, 3.63) is 9.85 Å². The molecule has 0 spiro atoms. The quantitative estimate of drug-likeness (QED) is 0.120. The van der Waals surface area contributed by atoms with Gasteiger partial charge in [-0.1, -0.05) is 0 Å². The molecule has 0 aromatic carbocycles. The van der Waals surface area contributed by atoms with Crippen molar-refractivity contribution in [2.75, 3.05) is 6.61 Å². The Hall–Kier alpha value is 0.339. The van der Waals surface area contributed by atoms with E-state index in [4.69, 9.17) is 4.74 Å². The Balaban J connectivity index is 2.96. The number of ether oxygens (including phenoxy) is 1. The van der Waals surface area contributed by atoms with Gasteiger partial charge in [-0.15, -0.1) is 0 Å². The first-order chi connectivity index (χ1) is 13.2. The van der Waals surface area contributed by atoms with Gasteiger partial charge in [0.25, 0.3) is 0 Å². The molecule has 1 aliphatic rings. The molecule has 0 N–H and O–H groups in total. The molecule has 0 atom stereocenters. The molecule has 1 nitrogen and oxygen atoms in total. The van der Waals surface area contributed by atoms with Gasteiger partial charge in [-0.25, -0.2) is 0 Å². The number of allylic oxidation sites excluding steroid dienone is 1. The van der Waals surface area contributed by atoms with Crippen molar-refractivity contribution in [1.82, 2.24) is 0 Å². The molecule has 160 valence electrons. The fourth-order valence-corrected chi connectivity index (χ4v) is 20.5. The molecule has 0 heterocycles. The molecule has 0 aromatic rings. The van der Waals surface area contributed by atoms with Crippen molar-refractivity contribution in [3.8, 4) is 0 Å². The average Bonchev–Trinajstić information content (AvgIpc) is 2.71. The molecule has 0 bridgehead atoms. The molecule has 0 unspecified atom stereocenters. The van der Waals surface area contributed by atoms with E-state index in [1.165, 1.54) is 103 Å². The molecule has 1 fully saturated rings. The Morgan fingerprint density at radius 1 is 0.778 bits per heavy atom. The zero-order valence-electron chi connectivity index (χ0n) is 19.3. The Bertz CT molecular complexity index is 349. The Kier molecular flexibility index (Phi) is 15.2. The zero-order chi connectivity index (χ0) is 19.8. The van der Waals surface area contributed by atoms with Crippen LogP contribution in [-0.2, 0) is 4.74 Å². The topological polar surface area (TPSA) is 9.23 Å². The van der Waals surface area contributed by atoms with Crippen molar-refractivity contribution in [1.29, 1.82) is 0 Å². The fraction of sp³-hybridized carbons (Fsp3) is 0.920. The summed E-state index contributed by atoms with van der Waals surface area (Å²) in [7, 11) is 0. The van der Waals surface area contributed by atoms with Gasteiger partial charge < -0.3 is 0 Å². The fourth-order valence-electron chi connectivity index (χ4n) is 4.72. The van der Waals surface area contributed by atoms with Crippen LogP contribution in [0.3, 0.4) is 0 Å². The van der Waals surface area contributed by atoms with Crippen LogP contribution in [0, 0.1) is 5.92 Å². The molecule has 0 saturated heterocycles. The summed E-state index contributed by atoms with van der Waals surface area (Å²) in [5.74, 6) is 0.834. The van der Waals surface area contributed by atoms with Crippen LogP contribution < -0.4 is 0 Å².